The number of hydrogen-bond acceptors (Lipinski definition) is 4. The fourth-order valence-corrected chi connectivity index (χ4v) is 3.34. The first-order chi connectivity index (χ1) is 14.8. The zero-order chi connectivity index (χ0) is 22.2. The topological polar surface area (TPSA) is 70.5 Å². The molecule has 8 heteroatoms. The van der Waals surface area contributed by atoms with Crippen molar-refractivity contribution in [1.29, 1.82) is 0 Å². The summed E-state index contributed by atoms with van der Waals surface area (Å²) in [6.07, 6.45) is -0.0890. The molecule has 1 atom stereocenters. The molecular formula is C23H15F3N2O3. The Morgan fingerprint density at radius 2 is 1.55 bits per heavy atom. The van der Waals surface area contributed by atoms with Crippen molar-refractivity contribution < 1.29 is 27.9 Å². The number of fused-ring (bicyclic) bond motifs is 1. The summed E-state index contributed by atoms with van der Waals surface area (Å²) in [6, 6.07) is 12.2. The van der Waals surface area contributed by atoms with Gasteiger partial charge in [-0.3, -0.25) is 14.6 Å². The van der Waals surface area contributed by atoms with Crippen LogP contribution in [-0.2, 0) is 6.18 Å². The van der Waals surface area contributed by atoms with Crippen molar-refractivity contribution >= 4 is 17.9 Å². The van der Waals surface area contributed by atoms with Crippen LogP contribution >= 0.6 is 0 Å². The number of pyridine rings is 1. The van der Waals surface area contributed by atoms with Crippen LogP contribution in [0, 0.1) is 0 Å². The van der Waals surface area contributed by atoms with Crippen LogP contribution < -0.4 is 0 Å². The molecule has 0 radical (unpaired) electrons. The van der Waals surface area contributed by atoms with Crippen molar-refractivity contribution in [2.24, 2.45) is 0 Å². The van der Waals surface area contributed by atoms with E-state index in [2.05, 4.69) is 4.98 Å². The second kappa shape index (κ2) is 7.81. The molecule has 31 heavy (non-hydrogen) atoms. The Bertz CT molecular complexity index is 1150. The van der Waals surface area contributed by atoms with Crippen molar-refractivity contribution in [1.82, 2.24) is 9.88 Å². The van der Waals surface area contributed by atoms with Crippen molar-refractivity contribution in [3.63, 3.8) is 0 Å². The van der Waals surface area contributed by atoms with Gasteiger partial charge in [-0.1, -0.05) is 24.3 Å². The first kappa shape index (κ1) is 20.5. The third-order valence-electron chi connectivity index (χ3n) is 4.96. The molecule has 2 heterocycles. The van der Waals surface area contributed by atoms with Gasteiger partial charge in [-0.15, -0.1) is 0 Å². The zero-order valence-corrected chi connectivity index (χ0v) is 15.9. The summed E-state index contributed by atoms with van der Waals surface area (Å²) in [7, 11) is 0. The number of hydrogen-bond donors (Lipinski definition) is 1. The Kier molecular flexibility index (Phi) is 5.16. The van der Waals surface area contributed by atoms with Crippen LogP contribution in [0.15, 0.2) is 73.2 Å². The third-order valence-corrected chi connectivity index (χ3v) is 4.96. The molecule has 156 valence electrons. The van der Waals surface area contributed by atoms with Crippen LogP contribution in [0.4, 0.5) is 13.2 Å². The van der Waals surface area contributed by atoms with Gasteiger partial charge in [0.2, 0.25) is 0 Å². The minimum atomic E-state index is -4.47. The molecule has 1 N–H and O–H groups in total. The van der Waals surface area contributed by atoms with E-state index >= 15 is 0 Å². The highest BCUT2D eigenvalue weighted by atomic mass is 19.4. The van der Waals surface area contributed by atoms with E-state index in [9.17, 15) is 27.9 Å². The Morgan fingerprint density at radius 1 is 0.935 bits per heavy atom. The van der Waals surface area contributed by atoms with Gasteiger partial charge in [0.05, 0.1) is 16.7 Å². The van der Waals surface area contributed by atoms with Crippen molar-refractivity contribution in [3.05, 3.63) is 107 Å². The highest BCUT2D eigenvalue weighted by Crippen LogP contribution is 2.32. The fourth-order valence-electron chi connectivity index (χ4n) is 3.34. The van der Waals surface area contributed by atoms with Gasteiger partial charge in [-0.25, -0.2) is 4.90 Å². The van der Waals surface area contributed by atoms with Gasteiger partial charge in [0.15, 0.2) is 0 Å². The lowest BCUT2D eigenvalue weighted by Gasteiger charge is -2.15. The number of carbonyl (C=O) groups is 2. The highest BCUT2D eigenvalue weighted by Gasteiger charge is 2.33. The van der Waals surface area contributed by atoms with E-state index in [1.807, 2.05) is 0 Å². The Morgan fingerprint density at radius 3 is 2.13 bits per heavy atom. The number of benzene rings is 2. The highest BCUT2D eigenvalue weighted by molar-refractivity contribution is 6.22. The van der Waals surface area contributed by atoms with Gasteiger partial charge >= 0.3 is 6.18 Å². The third kappa shape index (κ3) is 3.85. The number of aliphatic hydroxyl groups is 1. The number of aromatic nitrogens is 1. The van der Waals surface area contributed by atoms with Gasteiger partial charge in [-0.05, 0) is 47.5 Å². The molecule has 0 saturated heterocycles. The molecule has 0 fully saturated rings. The van der Waals surface area contributed by atoms with Crippen molar-refractivity contribution in [2.75, 3.05) is 0 Å². The standard InChI is InChI=1S/C23H15F3N2O3/c24-23(25,26)16-7-5-14(6-8-16)20(29)17-9-11-27-13-15(17)10-12-28-21(30)18-3-1-2-4-19(18)22(28)31/h1-13,20,29H. The summed E-state index contributed by atoms with van der Waals surface area (Å²) in [6.45, 7) is 0. The maximum atomic E-state index is 12.8. The molecule has 5 nitrogen and oxygen atoms in total. The summed E-state index contributed by atoms with van der Waals surface area (Å²) < 4.78 is 38.3. The Hall–Kier alpha value is -3.78. The number of rotatable bonds is 4. The lowest BCUT2D eigenvalue weighted by Crippen LogP contribution is -2.23. The molecule has 1 aromatic heterocycles. The molecule has 2 aromatic carbocycles. The molecule has 0 aliphatic carbocycles. The van der Waals surface area contributed by atoms with E-state index in [-0.39, 0.29) is 5.56 Å². The number of alkyl halides is 3. The van der Waals surface area contributed by atoms with Crippen molar-refractivity contribution in [2.45, 2.75) is 12.3 Å². The zero-order valence-electron chi connectivity index (χ0n) is 15.9. The van der Waals surface area contributed by atoms with E-state index in [0.29, 0.717) is 22.3 Å². The number of halogens is 3. The summed E-state index contributed by atoms with van der Waals surface area (Å²) in [5.41, 5.74) is 0.814. The molecule has 0 bridgehead atoms. The average Bonchev–Trinajstić information content (AvgIpc) is 3.01. The average molecular weight is 424 g/mol. The van der Waals surface area contributed by atoms with Gasteiger partial charge in [0, 0.05) is 24.2 Å². The monoisotopic (exact) mass is 424 g/mol. The molecule has 4 rings (SSSR count). The van der Waals surface area contributed by atoms with E-state index in [0.717, 1.165) is 17.0 Å². The summed E-state index contributed by atoms with van der Waals surface area (Å²) in [4.78, 5) is 29.9. The minimum Gasteiger partial charge on any atom is -0.384 e. The van der Waals surface area contributed by atoms with E-state index in [1.54, 1.807) is 24.3 Å². The molecular weight excluding hydrogens is 409 g/mol. The maximum absolute atomic E-state index is 12.8. The smallest absolute Gasteiger partial charge is 0.384 e. The van der Waals surface area contributed by atoms with Crippen LogP contribution in [0.1, 0.15) is 49.1 Å². The number of imide groups is 1. The summed E-state index contributed by atoms with van der Waals surface area (Å²) >= 11 is 0. The van der Waals surface area contributed by atoms with Crippen LogP contribution in [-0.4, -0.2) is 26.8 Å². The largest absolute Gasteiger partial charge is 0.416 e. The first-order valence-electron chi connectivity index (χ1n) is 9.21. The summed E-state index contributed by atoms with van der Waals surface area (Å²) in [5, 5.41) is 10.7. The molecule has 1 unspecified atom stereocenters. The Balaban J connectivity index is 1.61. The predicted molar refractivity (Wildman–Crippen MR) is 106 cm³/mol. The summed E-state index contributed by atoms with van der Waals surface area (Å²) in [5.74, 6) is -0.934. The number of amides is 2. The second-order valence-electron chi connectivity index (χ2n) is 6.87. The first-order valence-corrected chi connectivity index (χ1v) is 9.21. The molecule has 1 aliphatic rings. The van der Waals surface area contributed by atoms with Crippen LogP contribution in [0.5, 0.6) is 0 Å². The number of nitrogens with zero attached hydrogens (tertiary/aromatic N) is 2. The van der Waals surface area contributed by atoms with E-state index in [1.165, 1.54) is 42.9 Å². The van der Waals surface area contributed by atoms with E-state index < -0.39 is 29.7 Å². The maximum Gasteiger partial charge on any atom is 0.416 e. The van der Waals surface area contributed by atoms with E-state index in [4.69, 9.17) is 0 Å². The van der Waals surface area contributed by atoms with Gasteiger partial charge < -0.3 is 5.11 Å². The number of carbonyl (C=O) groups excluding carboxylic acids is 2. The van der Waals surface area contributed by atoms with Crippen LogP contribution in [0.3, 0.4) is 0 Å². The minimum absolute atomic E-state index is 0.259. The van der Waals surface area contributed by atoms with Crippen LogP contribution in [0.25, 0.3) is 6.08 Å². The molecule has 2 amide bonds. The van der Waals surface area contributed by atoms with Gasteiger partial charge in [0.1, 0.15) is 6.10 Å². The van der Waals surface area contributed by atoms with Crippen LogP contribution in [0.2, 0.25) is 0 Å². The normalized spacial score (nSPS) is 14.9. The second-order valence-corrected chi connectivity index (χ2v) is 6.87. The van der Waals surface area contributed by atoms with Crippen molar-refractivity contribution in [3.8, 4) is 0 Å². The van der Waals surface area contributed by atoms with Gasteiger partial charge in [-0.2, -0.15) is 13.2 Å². The Labute approximate surface area is 175 Å². The lowest BCUT2D eigenvalue weighted by molar-refractivity contribution is -0.137. The molecule has 1 aliphatic heterocycles. The predicted octanol–water partition coefficient (Wildman–Crippen LogP) is 4.45. The SMILES string of the molecule is O=C1c2ccccc2C(=O)N1C=Cc1cnccc1C(O)c1ccc(C(F)(F)F)cc1. The lowest BCUT2D eigenvalue weighted by atomic mass is 9.97. The molecule has 3 aromatic rings. The number of aliphatic hydroxyl groups excluding tert-OH is 1. The van der Waals surface area contributed by atoms with Gasteiger partial charge in [0.25, 0.3) is 11.8 Å². The molecule has 0 saturated carbocycles. The molecule has 0 spiro atoms. The fraction of sp³-hybridized carbons (Fsp3) is 0.0870. The quantitative estimate of drug-likeness (QED) is 0.629.